The van der Waals surface area contributed by atoms with Crippen molar-refractivity contribution in [1.82, 2.24) is 24.4 Å². The third-order valence-corrected chi connectivity index (χ3v) is 3.06. The molecule has 130 valence electrons. The average molecular weight is 361 g/mol. The Labute approximate surface area is 133 Å². The molecule has 1 aromatic carbocycles. The van der Waals surface area contributed by atoms with E-state index in [-0.39, 0.29) is 0 Å². The Morgan fingerprint density at radius 1 is 1.04 bits per heavy atom. The molecule has 0 unspecified atom stereocenters. The molecule has 2 heterocycles. The molecule has 0 aliphatic carbocycles. The van der Waals surface area contributed by atoms with Crippen molar-refractivity contribution >= 4 is 11.6 Å². The maximum atomic E-state index is 13.5. The number of nitrogens with zero attached hydrogens (tertiary/aromatic N) is 5. The Balaban J connectivity index is 2.08. The molecule has 3 aromatic rings. The first-order valence-corrected chi connectivity index (χ1v) is 6.24. The molecule has 0 amide bonds. The molecule has 0 radical (unpaired) electrons. The van der Waals surface area contributed by atoms with Gasteiger partial charge in [-0.05, 0) is 0 Å². The topological polar surface area (TPSA) is 91.4 Å². The first kappa shape index (κ1) is 16.5. The highest BCUT2D eigenvalue weighted by molar-refractivity contribution is 5.95. The fraction of sp³-hybridized carbons (Fsp3) is 0.0833. The summed E-state index contributed by atoms with van der Waals surface area (Å²) in [6.07, 6.45) is 0.849. The van der Waals surface area contributed by atoms with Crippen LogP contribution in [-0.2, 0) is 7.05 Å². The van der Waals surface area contributed by atoms with Crippen molar-refractivity contribution in [2.45, 2.75) is 0 Å². The van der Waals surface area contributed by atoms with E-state index in [0.717, 1.165) is 15.4 Å². The number of carbonyl (C=O) groups is 1. The Morgan fingerprint density at radius 2 is 1.60 bits per heavy atom. The summed E-state index contributed by atoms with van der Waals surface area (Å²) in [5.74, 6) is -15.1. The van der Waals surface area contributed by atoms with Gasteiger partial charge in [-0.3, -0.25) is 0 Å². The van der Waals surface area contributed by atoms with Crippen LogP contribution in [0.5, 0.6) is 5.75 Å². The smallest absolute Gasteiger partial charge is 0.366 e. The van der Waals surface area contributed by atoms with Crippen molar-refractivity contribution in [3.8, 4) is 5.75 Å². The summed E-state index contributed by atoms with van der Waals surface area (Å²) in [6, 6.07) is 0. The van der Waals surface area contributed by atoms with E-state index in [0.29, 0.717) is 0 Å². The van der Waals surface area contributed by atoms with Crippen LogP contribution >= 0.6 is 0 Å². The van der Waals surface area contributed by atoms with Crippen LogP contribution in [0, 0.1) is 29.1 Å². The van der Waals surface area contributed by atoms with Gasteiger partial charge in [0.05, 0.1) is 0 Å². The zero-order valence-corrected chi connectivity index (χ0v) is 11.9. The number of ether oxygens (including phenoxy) is 1. The second-order valence-electron chi connectivity index (χ2n) is 4.57. The third-order valence-electron chi connectivity index (χ3n) is 3.06. The number of carbonyl (C=O) groups excluding carboxylic acids is 1. The van der Waals surface area contributed by atoms with E-state index >= 15 is 0 Å². The molecule has 0 atom stereocenters. The van der Waals surface area contributed by atoms with Gasteiger partial charge < -0.3 is 4.74 Å². The van der Waals surface area contributed by atoms with Gasteiger partial charge >= 0.3 is 11.7 Å². The molecule has 3 rings (SSSR count). The predicted octanol–water partition coefficient (Wildman–Crippen LogP) is 0.738. The van der Waals surface area contributed by atoms with Crippen LogP contribution in [0.2, 0.25) is 0 Å². The van der Waals surface area contributed by atoms with Crippen molar-refractivity contribution < 1.29 is 31.5 Å². The molecule has 0 fully saturated rings. The van der Waals surface area contributed by atoms with E-state index in [1.54, 1.807) is 0 Å². The summed E-state index contributed by atoms with van der Waals surface area (Å²) < 4.78 is 72.0. The molecule has 0 aliphatic heterocycles. The van der Waals surface area contributed by atoms with Crippen molar-refractivity contribution in [3.05, 3.63) is 51.6 Å². The Morgan fingerprint density at radius 3 is 2.20 bits per heavy atom. The normalized spacial score (nSPS) is 11.1. The van der Waals surface area contributed by atoms with Crippen LogP contribution in [0.25, 0.3) is 5.65 Å². The average Bonchev–Trinajstić information content (AvgIpc) is 3.03. The molecular weight excluding hydrogens is 357 g/mol. The van der Waals surface area contributed by atoms with Crippen LogP contribution in [0.1, 0.15) is 10.5 Å². The van der Waals surface area contributed by atoms with Gasteiger partial charge in [-0.15, -0.1) is 5.10 Å². The minimum atomic E-state index is -2.41. The summed E-state index contributed by atoms with van der Waals surface area (Å²) >= 11 is 0. The summed E-state index contributed by atoms with van der Waals surface area (Å²) in [5, 5.41) is 6.85. The lowest BCUT2D eigenvalue weighted by Crippen LogP contribution is -2.27. The monoisotopic (exact) mass is 361 g/mol. The summed E-state index contributed by atoms with van der Waals surface area (Å²) in [4.78, 5) is 27.2. The Hall–Kier alpha value is -3.38. The maximum Gasteiger partial charge on any atom is 0.366 e. The van der Waals surface area contributed by atoms with Crippen LogP contribution in [-0.4, -0.2) is 30.3 Å². The molecule has 0 spiro atoms. The molecule has 0 saturated heterocycles. The fourth-order valence-corrected chi connectivity index (χ4v) is 1.84. The lowest BCUT2D eigenvalue weighted by Gasteiger charge is -2.07. The van der Waals surface area contributed by atoms with Crippen molar-refractivity contribution in [2.24, 2.45) is 7.05 Å². The van der Waals surface area contributed by atoms with E-state index in [4.69, 9.17) is 0 Å². The lowest BCUT2D eigenvalue weighted by molar-refractivity contribution is 0.0712. The largest absolute Gasteiger partial charge is 0.415 e. The molecule has 8 nitrogen and oxygen atoms in total. The van der Waals surface area contributed by atoms with Crippen molar-refractivity contribution in [3.63, 3.8) is 0 Å². The number of fused-ring (bicyclic) bond motifs is 1. The number of benzene rings is 1. The summed E-state index contributed by atoms with van der Waals surface area (Å²) in [7, 11) is 1.25. The van der Waals surface area contributed by atoms with Crippen LogP contribution in [0.3, 0.4) is 0 Å². The number of hydrogen-bond acceptors (Lipinski definition) is 6. The Kier molecular flexibility index (Phi) is 3.70. The summed E-state index contributed by atoms with van der Waals surface area (Å²) in [6.45, 7) is 0. The van der Waals surface area contributed by atoms with Crippen molar-refractivity contribution in [2.75, 3.05) is 0 Å². The van der Waals surface area contributed by atoms with E-state index in [1.807, 2.05) is 0 Å². The molecule has 0 N–H and O–H groups in total. The highest BCUT2D eigenvalue weighted by atomic mass is 19.2. The van der Waals surface area contributed by atoms with E-state index in [1.165, 1.54) is 7.05 Å². The SMILES string of the molecule is Cn1nnc2c(C(=O)Oc3c(F)c(F)c(F)c(F)c3F)ncn2c1=O. The second kappa shape index (κ2) is 5.61. The van der Waals surface area contributed by atoms with E-state index in [9.17, 15) is 31.5 Å². The molecule has 25 heavy (non-hydrogen) atoms. The van der Waals surface area contributed by atoms with E-state index < -0.39 is 57.8 Å². The number of esters is 1. The number of halogens is 5. The van der Waals surface area contributed by atoms with E-state index in [2.05, 4.69) is 20.0 Å². The molecule has 13 heteroatoms. The van der Waals surface area contributed by atoms with Crippen LogP contribution in [0.4, 0.5) is 22.0 Å². The molecule has 0 bridgehead atoms. The summed E-state index contributed by atoms with van der Waals surface area (Å²) in [5.41, 5.74) is -1.90. The highest BCUT2D eigenvalue weighted by Crippen LogP contribution is 2.29. The van der Waals surface area contributed by atoms with Crippen LogP contribution in [0.15, 0.2) is 11.1 Å². The zero-order valence-electron chi connectivity index (χ0n) is 11.9. The maximum absolute atomic E-state index is 13.5. The van der Waals surface area contributed by atoms with Gasteiger partial charge in [0.1, 0.15) is 6.33 Å². The second-order valence-corrected chi connectivity index (χ2v) is 4.57. The number of hydrogen-bond donors (Lipinski definition) is 0. The minimum Gasteiger partial charge on any atom is -0.415 e. The number of rotatable bonds is 2. The zero-order chi connectivity index (χ0) is 18.5. The van der Waals surface area contributed by atoms with Gasteiger partial charge in [0.25, 0.3) is 0 Å². The van der Waals surface area contributed by atoms with Gasteiger partial charge in [-0.1, -0.05) is 5.21 Å². The fourth-order valence-electron chi connectivity index (χ4n) is 1.84. The minimum absolute atomic E-state index is 0.433. The van der Waals surface area contributed by atoms with Gasteiger partial charge in [0.2, 0.25) is 34.8 Å². The lowest BCUT2D eigenvalue weighted by atomic mass is 10.2. The third kappa shape index (κ3) is 2.40. The predicted molar refractivity (Wildman–Crippen MR) is 67.2 cm³/mol. The molecular formula is C12H4F5N5O3. The molecule has 2 aromatic heterocycles. The number of imidazole rings is 1. The van der Waals surface area contributed by atoms with Gasteiger partial charge in [0.15, 0.2) is 11.3 Å². The van der Waals surface area contributed by atoms with Gasteiger partial charge in [-0.2, -0.15) is 13.5 Å². The first-order chi connectivity index (χ1) is 11.7. The number of aromatic nitrogens is 5. The van der Waals surface area contributed by atoms with Crippen LogP contribution < -0.4 is 10.4 Å². The highest BCUT2D eigenvalue weighted by Gasteiger charge is 2.30. The van der Waals surface area contributed by atoms with Crippen molar-refractivity contribution in [1.29, 1.82) is 0 Å². The quantitative estimate of drug-likeness (QED) is 0.220. The van der Waals surface area contributed by atoms with Gasteiger partial charge in [0, 0.05) is 7.05 Å². The Bertz CT molecular complexity index is 1060. The standard InChI is InChI=1S/C12H4F5N5O3/c1-21-12(24)22-2-18-8(10(22)19-20-21)11(23)25-9-6(16)4(14)3(13)5(15)7(9)17/h2H,1H3. The molecule has 0 saturated carbocycles. The number of aryl methyl sites for hydroxylation is 1. The van der Waals surface area contributed by atoms with Gasteiger partial charge in [-0.25, -0.2) is 32.1 Å². The first-order valence-electron chi connectivity index (χ1n) is 6.24. The molecule has 0 aliphatic rings.